The minimum Gasteiger partial charge on any atom is -0.454 e. The maximum atomic E-state index is 12.4. The van der Waals surface area contributed by atoms with E-state index in [0.29, 0.717) is 16.8 Å². The van der Waals surface area contributed by atoms with Crippen LogP contribution in [-0.2, 0) is 4.74 Å². The number of aromatic nitrogens is 4. The Balaban J connectivity index is 1.66. The van der Waals surface area contributed by atoms with Crippen LogP contribution in [0.5, 0.6) is 0 Å². The summed E-state index contributed by atoms with van der Waals surface area (Å²) in [6.07, 6.45) is 1.46. The topological polar surface area (TPSA) is 87.0 Å². The second-order valence-electron chi connectivity index (χ2n) is 6.07. The van der Waals surface area contributed by atoms with Crippen molar-refractivity contribution in [2.24, 2.45) is 0 Å². The Morgan fingerprint density at radius 1 is 1.04 bits per heavy atom. The highest BCUT2D eigenvalue weighted by atomic mass is 16.5. The molecule has 0 radical (unpaired) electrons. The Morgan fingerprint density at radius 2 is 1.69 bits per heavy atom. The molecule has 0 unspecified atom stereocenters. The van der Waals surface area contributed by atoms with E-state index in [9.17, 15) is 9.59 Å². The maximum absolute atomic E-state index is 12.4. The zero-order valence-electron chi connectivity index (χ0n) is 14.8. The van der Waals surface area contributed by atoms with E-state index in [1.165, 1.54) is 11.0 Å². The van der Waals surface area contributed by atoms with Crippen molar-refractivity contribution in [3.63, 3.8) is 0 Å². The first kappa shape index (κ1) is 17.5. The highest BCUT2D eigenvalue weighted by molar-refractivity contribution is 6.01. The van der Waals surface area contributed by atoms with Crippen molar-refractivity contribution in [1.82, 2.24) is 20.2 Å². The smallest absolute Gasteiger partial charge is 0.338 e. The lowest BCUT2D eigenvalue weighted by Gasteiger charge is -2.11. The number of carbonyl (C=O) groups excluding carboxylic acids is 2. The van der Waals surface area contributed by atoms with E-state index in [1.807, 2.05) is 32.9 Å². The third-order valence-electron chi connectivity index (χ3n) is 4.01. The highest BCUT2D eigenvalue weighted by Crippen LogP contribution is 2.17. The van der Waals surface area contributed by atoms with Gasteiger partial charge in [0.2, 0.25) is 5.78 Å². The molecule has 1 aromatic heterocycles. The average Bonchev–Trinajstić information content (AvgIpc) is 3.13. The summed E-state index contributed by atoms with van der Waals surface area (Å²) in [5.74, 6) is -0.761. The second kappa shape index (κ2) is 7.26. The van der Waals surface area contributed by atoms with Crippen LogP contribution in [0.15, 0.2) is 42.7 Å². The SMILES string of the molecule is Cc1cc(C)c(C(=O)COC(=O)c2ccc(-n3cnnn3)cc2)c(C)c1. The fourth-order valence-electron chi connectivity index (χ4n) is 2.94. The van der Waals surface area contributed by atoms with Gasteiger partial charge in [-0.25, -0.2) is 9.48 Å². The zero-order chi connectivity index (χ0) is 18.7. The number of rotatable bonds is 5. The lowest BCUT2D eigenvalue weighted by molar-refractivity contribution is 0.0474. The monoisotopic (exact) mass is 350 g/mol. The Labute approximate surface area is 150 Å². The first-order valence-electron chi connectivity index (χ1n) is 8.07. The molecule has 0 aliphatic heterocycles. The quantitative estimate of drug-likeness (QED) is 0.519. The number of hydrogen-bond donors (Lipinski definition) is 0. The van der Waals surface area contributed by atoms with Gasteiger partial charge in [-0.2, -0.15) is 0 Å². The molecule has 132 valence electrons. The van der Waals surface area contributed by atoms with Crippen LogP contribution in [-0.4, -0.2) is 38.6 Å². The van der Waals surface area contributed by atoms with Gasteiger partial charge in [-0.1, -0.05) is 17.7 Å². The maximum Gasteiger partial charge on any atom is 0.338 e. The van der Waals surface area contributed by atoms with Crippen LogP contribution in [0.4, 0.5) is 0 Å². The van der Waals surface area contributed by atoms with Gasteiger partial charge in [0.05, 0.1) is 11.3 Å². The number of aryl methyl sites for hydroxylation is 3. The lowest BCUT2D eigenvalue weighted by atomic mass is 9.97. The molecule has 0 aliphatic rings. The molecular weight excluding hydrogens is 332 g/mol. The normalized spacial score (nSPS) is 10.6. The third kappa shape index (κ3) is 3.66. The summed E-state index contributed by atoms with van der Waals surface area (Å²) in [6, 6.07) is 10.5. The number of benzene rings is 2. The first-order valence-corrected chi connectivity index (χ1v) is 8.07. The number of ether oxygens (including phenoxy) is 1. The van der Waals surface area contributed by atoms with Crippen molar-refractivity contribution in [2.75, 3.05) is 6.61 Å². The molecule has 0 aliphatic carbocycles. The largest absolute Gasteiger partial charge is 0.454 e. The van der Waals surface area contributed by atoms with Gasteiger partial charge in [0.25, 0.3) is 0 Å². The summed E-state index contributed by atoms with van der Waals surface area (Å²) in [7, 11) is 0. The fourth-order valence-corrected chi connectivity index (χ4v) is 2.94. The molecule has 0 bridgehead atoms. The third-order valence-corrected chi connectivity index (χ3v) is 4.01. The van der Waals surface area contributed by atoms with E-state index in [1.54, 1.807) is 24.3 Å². The predicted octanol–water partition coefficient (Wildman–Crippen LogP) is 2.63. The molecule has 0 spiro atoms. The number of ketones is 1. The molecule has 0 amide bonds. The zero-order valence-corrected chi connectivity index (χ0v) is 14.8. The molecular formula is C19H18N4O3. The molecule has 0 N–H and O–H groups in total. The molecule has 3 aromatic rings. The number of nitrogens with zero attached hydrogens (tertiary/aromatic N) is 4. The minimum absolute atomic E-state index is 0.210. The number of carbonyl (C=O) groups is 2. The molecule has 7 heteroatoms. The van der Waals surface area contributed by atoms with E-state index >= 15 is 0 Å². The number of hydrogen-bond acceptors (Lipinski definition) is 6. The van der Waals surface area contributed by atoms with Gasteiger partial charge in [-0.3, -0.25) is 4.79 Å². The number of esters is 1. The molecule has 3 rings (SSSR count). The van der Waals surface area contributed by atoms with Gasteiger partial charge >= 0.3 is 5.97 Å². The molecule has 0 saturated heterocycles. The van der Waals surface area contributed by atoms with Crippen molar-refractivity contribution < 1.29 is 14.3 Å². The standard InChI is InChI=1S/C19H18N4O3/c1-12-8-13(2)18(14(3)9-12)17(24)10-26-19(25)15-4-6-16(7-5-15)23-11-20-21-22-23/h4-9,11H,10H2,1-3H3. The molecule has 0 atom stereocenters. The molecule has 7 nitrogen and oxygen atoms in total. The molecule has 0 saturated carbocycles. The van der Waals surface area contributed by atoms with E-state index < -0.39 is 5.97 Å². The van der Waals surface area contributed by atoms with Gasteiger partial charge in [0, 0.05) is 5.56 Å². The molecule has 1 heterocycles. The second-order valence-corrected chi connectivity index (χ2v) is 6.07. The van der Waals surface area contributed by atoms with E-state index in [4.69, 9.17) is 4.74 Å². The van der Waals surface area contributed by atoms with Gasteiger partial charge < -0.3 is 4.74 Å². The van der Waals surface area contributed by atoms with Gasteiger partial charge in [-0.05, 0) is 66.6 Å². The first-order chi connectivity index (χ1) is 12.5. The Kier molecular flexibility index (Phi) is 4.88. The van der Waals surface area contributed by atoms with Gasteiger partial charge in [-0.15, -0.1) is 5.10 Å². The van der Waals surface area contributed by atoms with Gasteiger partial charge in [0.1, 0.15) is 6.33 Å². The summed E-state index contributed by atoms with van der Waals surface area (Å²) in [4.78, 5) is 24.6. The van der Waals surface area contributed by atoms with Crippen LogP contribution in [0.25, 0.3) is 5.69 Å². The van der Waals surface area contributed by atoms with Crippen molar-refractivity contribution >= 4 is 11.8 Å². The van der Waals surface area contributed by atoms with Crippen LogP contribution in [0.3, 0.4) is 0 Å². The predicted molar refractivity (Wildman–Crippen MR) is 94.4 cm³/mol. The van der Waals surface area contributed by atoms with Crippen molar-refractivity contribution in [2.45, 2.75) is 20.8 Å². The van der Waals surface area contributed by atoms with E-state index in [0.717, 1.165) is 16.7 Å². The summed E-state index contributed by atoms with van der Waals surface area (Å²) in [5, 5.41) is 10.9. The molecule has 2 aromatic carbocycles. The minimum atomic E-state index is -0.552. The number of tetrazole rings is 1. The van der Waals surface area contributed by atoms with Crippen molar-refractivity contribution in [1.29, 1.82) is 0 Å². The Morgan fingerprint density at radius 3 is 2.27 bits per heavy atom. The lowest BCUT2D eigenvalue weighted by Crippen LogP contribution is -2.16. The van der Waals surface area contributed by atoms with Crippen molar-refractivity contribution in [3.8, 4) is 5.69 Å². The summed E-state index contributed by atoms with van der Waals surface area (Å²) in [5.41, 5.74) is 4.54. The Bertz CT molecular complexity index is 924. The van der Waals surface area contributed by atoms with Crippen LogP contribution < -0.4 is 0 Å². The molecule has 0 fully saturated rings. The molecule has 26 heavy (non-hydrogen) atoms. The average molecular weight is 350 g/mol. The van der Waals surface area contributed by atoms with Crippen LogP contribution >= 0.6 is 0 Å². The number of Topliss-reactive ketones (excluding diaryl/α,β-unsaturated/α-hetero) is 1. The van der Waals surface area contributed by atoms with Crippen LogP contribution in [0, 0.1) is 20.8 Å². The van der Waals surface area contributed by atoms with Gasteiger partial charge in [0.15, 0.2) is 6.61 Å². The summed E-state index contributed by atoms with van der Waals surface area (Å²) < 4.78 is 6.65. The van der Waals surface area contributed by atoms with Crippen LogP contribution in [0.1, 0.15) is 37.4 Å². The van der Waals surface area contributed by atoms with E-state index in [-0.39, 0.29) is 12.4 Å². The highest BCUT2D eigenvalue weighted by Gasteiger charge is 2.16. The van der Waals surface area contributed by atoms with Crippen molar-refractivity contribution in [3.05, 3.63) is 70.5 Å². The summed E-state index contributed by atoms with van der Waals surface area (Å²) in [6.45, 7) is 5.45. The summed E-state index contributed by atoms with van der Waals surface area (Å²) >= 11 is 0. The fraction of sp³-hybridized carbons (Fsp3) is 0.211. The Hall–Kier alpha value is -3.35. The van der Waals surface area contributed by atoms with E-state index in [2.05, 4.69) is 15.5 Å². The van der Waals surface area contributed by atoms with Crippen LogP contribution in [0.2, 0.25) is 0 Å².